The zero-order chi connectivity index (χ0) is 22.9. The molecular weight excluding hydrogens is 492 g/mol. The van der Waals surface area contributed by atoms with Crippen LogP contribution >= 0.6 is 15.9 Å². The highest BCUT2D eigenvalue weighted by molar-refractivity contribution is 9.10. The lowest BCUT2D eigenvalue weighted by Crippen LogP contribution is -2.43. The average molecular weight is 514 g/mol. The van der Waals surface area contributed by atoms with Crippen LogP contribution in [0.5, 0.6) is 11.6 Å². The first kappa shape index (κ1) is 21.8. The summed E-state index contributed by atoms with van der Waals surface area (Å²) in [5.41, 5.74) is 3.47. The number of allylic oxidation sites excluding steroid dienone is 1. The van der Waals surface area contributed by atoms with Crippen molar-refractivity contribution in [1.29, 1.82) is 0 Å². The van der Waals surface area contributed by atoms with Crippen LogP contribution in [0.25, 0.3) is 6.08 Å². The standard InChI is InChI=1S/C24H22BrF2N5O/c1-14-10-17-18(11-14)22(27)20(12-19(17)26)33-24-21(25)23(29-13-30-24)31-15-2-4-16(5-3-15)32-8-6-28-7-9-32/h2-5,11-13,28H,6-10H2,1H3,(H,29,30,31). The smallest absolute Gasteiger partial charge is 0.239 e. The highest BCUT2D eigenvalue weighted by Gasteiger charge is 2.24. The van der Waals surface area contributed by atoms with E-state index < -0.39 is 11.6 Å². The third-order valence-corrected chi connectivity index (χ3v) is 6.46. The van der Waals surface area contributed by atoms with Gasteiger partial charge in [-0.3, -0.25) is 0 Å². The highest BCUT2D eigenvalue weighted by atomic mass is 79.9. The van der Waals surface area contributed by atoms with Crippen molar-refractivity contribution in [3.05, 3.63) is 69.5 Å². The predicted octanol–water partition coefficient (Wildman–Crippen LogP) is 5.42. The molecule has 2 heterocycles. The number of nitrogens with zero attached hydrogens (tertiary/aromatic N) is 3. The fourth-order valence-corrected chi connectivity index (χ4v) is 4.46. The Hall–Kier alpha value is -3.04. The van der Waals surface area contributed by atoms with E-state index in [1.807, 2.05) is 19.1 Å². The Balaban J connectivity index is 1.36. The van der Waals surface area contributed by atoms with E-state index in [2.05, 4.69) is 53.6 Å². The number of benzene rings is 2. The molecule has 0 atom stereocenters. The van der Waals surface area contributed by atoms with Gasteiger partial charge >= 0.3 is 0 Å². The third-order valence-electron chi connectivity index (χ3n) is 5.75. The number of rotatable bonds is 5. The van der Waals surface area contributed by atoms with E-state index in [4.69, 9.17) is 4.74 Å². The topological polar surface area (TPSA) is 62.3 Å². The largest absolute Gasteiger partial charge is 0.434 e. The van der Waals surface area contributed by atoms with Gasteiger partial charge in [0.25, 0.3) is 0 Å². The molecule has 2 aliphatic rings. The molecule has 6 nitrogen and oxygen atoms in total. The summed E-state index contributed by atoms with van der Waals surface area (Å²) in [4.78, 5) is 10.7. The Morgan fingerprint density at radius 3 is 2.64 bits per heavy atom. The molecule has 0 spiro atoms. The number of nitrogens with one attached hydrogen (secondary N) is 2. The molecule has 33 heavy (non-hydrogen) atoms. The summed E-state index contributed by atoms with van der Waals surface area (Å²) in [7, 11) is 0. The molecule has 1 fully saturated rings. The maximum absolute atomic E-state index is 15.0. The Bertz CT molecular complexity index is 1230. The molecule has 3 aromatic rings. The second-order valence-corrected chi connectivity index (χ2v) is 8.88. The molecule has 9 heteroatoms. The summed E-state index contributed by atoms with van der Waals surface area (Å²) in [5.74, 6) is -0.785. The lowest BCUT2D eigenvalue weighted by Gasteiger charge is -2.29. The maximum atomic E-state index is 15.0. The molecule has 0 radical (unpaired) electrons. The maximum Gasteiger partial charge on any atom is 0.239 e. The van der Waals surface area contributed by atoms with Crippen LogP contribution < -0.4 is 20.3 Å². The summed E-state index contributed by atoms with van der Waals surface area (Å²) in [5, 5.41) is 6.56. The number of fused-ring (bicyclic) bond motifs is 1. The third kappa shape index (κ3) is 4.43. The number of hydrogen-bond donors (Lipinski definition) is 2. The highest BCUT2D eigenvalue weighted by Crippen LogP contribution is 2.39. The van der Waals surface area contributed by atoms with Crippen LogP contribution in [0.4, 0.5) is 26.0 Å². The van der Waals surface area contributed by atoms with Gasteiger partial charge in [-0.05, 0) is 53.5 Å². The Morgan fingerprint density at radius 2 is 1.88 bits per heavy atom. The summed E-state index contributed by atoms with van der Waals surface area (Å²) in [6, 6.07) is 9.11. The van der Waals surface area contributed by atoms with E-state index in [0.717, 1.165) is 49.2 Å². The first-order valence-corrected chi connectivity index (χ1v) is 11.5. The number of halogens is 3. The van der Waals surface area contributed by atoms with Gasteiger partial charge in [0, 0.05) is 54.7 Å². The van der Waals surface area contributed by atoms with Gasteiger partial charge in [0.1, 0.15) is 16.6 Å². The number of piperazine rings is 1. The predicted molar refractivity (Wildman–Crippen MR) is 128 cm³/mol. The number of hydrogen-bond acceptors (Lipinski definition) is 6. The monoisotopic (exact) mass is 513 g/mol. The van der Waals surface area contributed by atoms with Crippen LogP contribution in [-0.4, -0.2) is 36.1 Å². The van der Waals surface area contributed by atoms with E-state index in [0.29, 0.717) is 22.3 Å². The zero-order valence-electron chi connectivity index (χ0n) is 18.0. The van der Waals surface area contributed by atoms with Gasteiger partial charge in [-0.25, -0.2) is 18.7 Å². The molecule has 2 aromatic carbocycles. The lowest BCUT2D eigenvalue weighted by atomic mass is 10.1. The van der Waals surface area contributed by atoms with E-state index in [1.165, 1.54) is 6.33 Å². The van der Waals surface area contributed by atoms with Gasteiger partial charge in [-0.15, -0.1) is 0 Å². The Morgan fingerprint density at radius 1 is 1.12 bits per heavy atom. The van der Waals surface area contributed by atoms with Crippen LogP contribution in [-0.2, 0) is 6.42 Å². The van der Waals surface area contributed by atoms with Crippen LogP contribution in [0.3, 0.4) is 0 Å². The quantitative estimate of drug-likeness (QED) is 0.474. The number of anilines is 3. The normalized spacial score (nSPS) is 15.3. The van der Waals surface area contributed by atoms with Crippen LogP contribution in [0.2, 0.25) is 0 Å². The van der Waals surface area contributed by atoms with Gasteiger partial charge in [0.2, 0.25) is 5.88 Å². The van der Waals surface area contributed by atoms with Crippen molar-refractivity contribution in [3.63, 3.8) is 0 Å². The van der Waals surface area contributed by atoms with Crippen molar-refractivity contribution < 1.29 is 13.5 Å². The summed E-state index contributed by atoms with van der Waals surface area (Å²) in [6.07, 6.45) is 3.35. The molecule has 1 aliphatic heterocycles. The van der Waals surface area contributed by atoms with Gasteiger partial charge in [0.05, 0.1) is 0 Å². The Labute approximate surface area is 198 Å². The minimum Gasteiger partial charge on any atom is -0.434 e. The van der Waals surface area contributed by atoms with Crippen molar-refractivity contribution >= 4 is 39.2 Å². The van der Waals surface area contributed by atoms with Crippen molar-refractivity contribution in [3.8, 4) is 11.6 Å². The molecule has 0 bridgehead atoms. The number of aromatic nitrogens is 2. The molecule has 1 aromatic heterocycles. The van der Waals surface area contributed by atoms with E-state index >= 15 is 0 Å². The van der Waals surface area contributed by atoms with E-state index in [-0.39, 0.29) is 17.2 Å². The van der Waals surface area contributed by atoms with Crippen molar-refractivity contribution in [2.24, 2.45) is 0 Å². The summed E-state index contributed by atoms with van der Waals surface area (Å²) in [6.45, 7) is 5.73. The average Bonchev–Trinajstić information content (AvgIpc) is 3.23. The van der Waals surface area contributed by atoms with E-state index in [1.54, 1.807) is 6.08 Å². The van der Waals surface area contributed by atoms with Crippen molar-refractivity contribution in [1.82, 2.24) is 15.3 Å². The van der Waals surface area contributed by atoms with Crippen molar-refractivity contribution in [2.45, 2.75) is 13.3 Å². The van der Waals surface area contributed by atoms with E-state index in [9.17, 15) is 8.78 Å². The second-order valence-electron chi connectivity index (χ2n) is 8.08. The minimum atomic E-state index is -0.605. The van der Waals surface area contributed by atoms with Crippen LogP contribution in [0, 0.1) is 11.6 Å². The van der Waals surface area contributed by atoms with Crippen LogP contribution in [0.15, 0.2) is 46.7 Å². The second kappa shape index (κ2) is 9.07. The fraction of sp³-hybridized carbons (Fsp3) is 0.250. The minimum absolute atomic E-state index is 0.0851. The molecular formula is C24H22BrF2N5O. The SMILES string of the molecule is CC1=Cc2c(F)c(Oc3ncnc(Nc4ccc(N5CCNCC5)cc4)c3Br)cc(F)c2C1. The molecule has 1 aliphatic carbocycles. The van der Waals surface area contributed by atoms with Crippen molar-refractivity contribution in [2.75, 3.05) is 36.4 Å². The first-order chi connectivity index (χ1) is 16.0. The molecule has 0 saturated carbocycles. The molecule has 170 valence electrons. The van der Waals surface area contributed by atoms with Crippen LogP contribution in [0.1, 0.15) is 18.1 Å². The molecule has 0 amide bonds. The summed E-state index contributed by atoms with van der Waals surface area (Å²) >= 11 is 3.43. The van der Waals surface area contributed by atoms with Gasteiger partial charge in [0.15, 0.2) is 17.4 Å². The first-order valence-electron chi connectivity index (χ1n) is 10.7. The Kier molecular flexibility index (Phi) is 5.99. The fourth-order valence-electron chi connectivity index (χ4n) is 4.07. The van der Waals surface area contributed by atoms with Gasteiger partial charge < -0.3 is 20.3 Å². The molecule has 1 saturated heterocycles. The molecule has 0 unspecified atom stereocenters. The summed E-state index contributed by atoms with van der Waals surface area (Å²) < 4.78 is 35.5. The molecule has 5 rings (SSSR count). The molecule has 2 N–H and O–H groups in total. The zero-order valence-corrected chi connectivity index (χ0v) is 19.5. The van der Waals surface area contributed by atoms with Gasteiger partial charge in [-0.1, -0.05) is 11.6 Å². The lowest BCUT2D eigenvalue weighted by molar-refractivity contribution is 0.418. The van der Waals surface area contributed by atoms with Gasteiger partial charge in [-0.2, -0.15) is 0 Å². The number of ether oxygens (including phenoxy) is 1.